The number of nitrogens with zero attached hydrogens (tertiary/aromatic N) is 1. The monoisotopic (exact) mass is 321 g/mol. The van der Waals surface area contributed by atoms with E-state index in [1.54, 1.807) is 26.3 Å². The molecule has 1 aromatic rings. The zero-order chi connectivity index (χ0) is 16.5. The van der Waals surface area contributed by atoms with Gasteiger partial charge in [0.05, 0.1) is 0 Å². The molecule has 0 atom stereocenters. The fourth-order valence-corrected chi connectivity index (χ4v) is 3.24. The van der Waals surface area contributed by atoms with E-state index < -0.39 is 0 Å². The predicted octanol–water partition coefficient (Wildman–Crippen LogP) is 3.09. The lowest BCUT2D eigenvalue weighted by Crippen LogP contribution is -2.43. The van der Waals surface area contributed by atoms with E-state index in [2.05, 4.69) is 15.6 Å². The van der Waals surface area contributed by atoms with Crippen LogP contribution in [0.5, 0.6) is 0 Å². The van der Waals surface area contributed by atoms with Crippen LogP contribution in [0.2, 0.25) is 0 Å². The molecule has 0 aliphatic heterocycles. The van der Waals surface area contributed by atoms with E-state index in [4.69, 9.17) is 4.74 Å². The van der Waals surface area contributed by atoms with Gasteiger partial charge in [0, 0.05) is 33.9 Å². The fraction of sp³-hybridized carbons (Fsp3) is 0.611. The van der Waals surface area contributed by atoms with Crippen LogP contribution >= 0.6 is 0 Å². The van der Waals surface area contributed by atoms with Gasteiger partial charge in [-0.25, -0.2) is 4.39 Å². The van der Waals surface area contributed by atoms with Crippen molar-refractivity contribution in [2.24, 2.45) is 10.4 Å². The van der Waals surface area contributed by atoms with Crippen molar-refractivity contribution in [3.63, 3.8) is 0 Å². The number of methoxy groups -OCH3 is 1. The van der Waals surface area contributed by atoms with E-state index >= 15 is 0 Å². The highest BCUT2D eigenvalue weighted by molar-refractivity contribution is 5.79. The summed E-state index contributed by atoms with van der Waals surface area (Å²) in [5, 5.41) is 6.74. The van der Waals surface area contributed by atoms with Gasteiger partial charge in [-0.05, 0) is 42.4 Å². The first-order valence-electron chi connectivity index (χ1n) is 8.35. The Bertz CT molecular complexity index is 495. The largest absolute Gasteiger partial charge is 0.385 e. The summed E-state index contributed by atoms with van der Waals surface area (Å²) in [6.07, 6.45) is 6.18. The van der Waals surface area contributed by atoms with Gasteiger partial charge < -0.3 is 15.4 Å². The van der Waals surface area contributed by atoms with Crippen LogP contribution in [0.3, 0.4) is 0 Å². The molecule has 0 heterocycles. The molecule has 0 bridgehead atoms. The molecule has 4 nitrogen and oxygen atoms in total. The Kier molecular flexibility index (Phi) is 6.84. The molecule has 0 saturated heterocycles. The minimum Gasteiger partial charge on any atom is -0.385 e. The number of rotatable bonds is 7. The van der Waals surface area contributed by atoms with E-state index in [1.807, 2.05) is 0 Å². The second-order valence-electron chi connectivity index (χ2n) is 6.36. The van der Waals surface area contributed by atoms with Crippen molar-refractivity contribution >= 4 is 5.96 Å². The van der Waals surface area contributed by atoms with Crippen LogP contribution in [0.15, 0.2) is 29.3 Å². The Morgan fingerprint density at radius 1 is 1.22 bits per heavy atom. The number of hydrogen-bond acceptors (Lipinski definition) is 2. The van der Waals surface area contributed by atoms with Gasteiger partial charge >= 0.3 is 0 Å². The summed E-state index contributed by atoms with van der Waals surface area (Å²) in [6.45, 7) is 2.35. The highest BCUT2D eigenvalue weighted by atomic mass is 19.1. The standard InChI is InChI=1S/C18H28FN3O/c1-20-17(21-13-15-5-7-16(19)8-6-15)22-14-18(11-12-23-2)9-3-4-10-18/h5-8H,3-4,9-14H2,1-2H3,(H2,20,21,22). The molecule has 0 spiro atoms. The Labute approximate surface area is 138 Å². The summed E-state index contributed by atoms with van der Waals surface area (Å²) in [5.41, 5.74) is 1.35. The molecule has 1 saturated carbocycles. The van der Waals surface area contributed by atoms with E-state index in [-0.39, 0.29) is 5.82 Å². The Morgan fingerprint density at radius 3 is 2.52 bits per heavy atom. The van der Waals surface area contributed by atoms with Crippen LogP contribution in [-0.2, 0) is 11.3 Å². The molecule has 0 radical (unpaired) electrons. The third kappa shape index (κ3) is 5.50. The van der Waals surface area contributed by atoms with Crippen molar-refractivity contribution in [1.82, 2.24) is 10.6 Å². The molecule has 1 fully saturated rings. The normalized spacial score (nSPS) is 17.3. The summed E-state index contributed by atoms with van der Waals surface area (Å²) < 4.78 is 18.2. The number of nitrogens with one attached hydrogen (secondary N) is 2. The Morgan fingerprint density at radius 2 is 1.91 bits per heavy atom. The first-order chi connectivity index (χ1) is 11.2. The molecule has 5 heteroatoms. The molecule has 23 heavy (non-hydrogen) atoms. The number of benzene rings is 1. The van der Waals surface area contributed by atoms with Gasteiger partial charge in [0.1, 0.15) is 5.82 Å². The lowest BCUT2D eigenvalue weighted by atomic mass is 9.83. The highest BCUT2D eigenvalue weighted by Crippen LogP contribution is 2.40. The van der Waals surface area contributed by atoms with Crippen LogP contribution in [0.4, 0.5) is 4.39 Å². The smallest absolute Gasteiger partial charge is 0.191 e. The molecule has 2 N–H and O–H groups in total. The van der Waals surface area contributed by atoms with Gasteiger partial charge in [-0.2, -0.15) is 0 Å². The first-order valence-corrected chi connectivity index (χ1v) is 8.35. The maximum Gasteiger partial charge on any atom is 0.191 e. The molecule has 0 aromatic heterocycles. The van der Waals surface area contributed by atoms with E-state index in [1.165, 1.54) is 37.8 Å². The topological polar surface area (TPSA) is 45.7 Å². The summed E-state index contributed by atoms with van der Waals surface area (Å²) in [5.74, 6) is 0.579. The van der Waals surface area contributed by atoms with Gasteiger partial charge in [0.2, 0.25) is 0 Å². The maximum atomic E-state index is 12.9. The molecule has 0 unspecified atom stereocenters. The number of halogens is 1. The van der Waals surface area contributed by atoms with Crippen LogP contribution in [0.25, 0.3) is 0 Å². The molecular weight excluding hydrogens is 293 g/mol. The van der Waals surface area contributed by atoms with Crippen molar-refractivity contribution in [2.75, 3.05) is 27.3 Å². The number of hydrogen-bond donors (Lipinski definition) is 2. The van der Waals surface area contributed by atoms with E-state index in [9.17, 15) is 4.39 Å². The molecule has 1 aliphatic rings. The van der Waals surface area contributed by atoms with Crippen molar-refractivity contribution < 1.29 is 9.13 Å². The Hall–Kier alpha value is -1.62. The number of ether oxygens (including phenoxy) is 1. The van der Waals surface area contributed by atoms with Crippen LogP contribution in [0, 0.1) is 11.2 Å². The third-order valence-corrected chi connectivity index (χ3v) is 4.73. The zero-order valence-electron chi connectivity index (χ0n) is 14.2. The highest BCUT2D eigenvalue weighted by Gasteiger charge is 2.33. The Balaban J connectivity index is 1.82. The van der Waals surface area contributed by atoms with Gasteiger partial charge in [-0.1, -0.05) is 25.0 Å². The SMILES string of the molecule is CN=C(NCc1ccc(F)cc1)NCC1(CCOC)CCCC1. The van der Waals surface area contributed by atoms with Crippen molar-refractivity contribution in [1.29, 1.82) is 0 Å². The average Bonchev–Trinajstić information content (AvgIpc) is 3.04. The zero-order valence-corrected chi connectivity index (χ0v) is 14.2. The average molecular weight is 321 g/mol. The summed E-state index contributed by atoms with van der Waals surface area (Å²) >= 11 is 0. The lowest BCUT2D eigenvalue weighted by Gasteiger charge is -2.30. The van der Waals surface area contributed by atoms with E-state index in [0.29, 0.717) is 12.0 Å². The third-order valence-electron chi connectivity index (χ3n) is 4.73. The van der Waals surface area contributed by atoms with Gasteiger partial charge in [-0.3, -0.25) is 4.99 Å². The first kappa shape index (κ1) is 17.7. The van der Waals surface area contributed by atoms with Crippen LogP contribution < -0.4 is 10.6 Å². The van der Waals surface area contributed by atoms with Crippen molar-refractivity contribution in [2.45, 2.75) is 38.6 Å². The second kappa shape index (κ2) is 8.87. The predicted molar refractivity (Wildman–Crippen MR) is 92.0 cm³/mol. The van der Waals surface area contributed by atoms with Crippen molar-refractivity contribution in [3.05, 3.63) is 35.6 Å². The van der Waals surface area contributed by atoms with Gasteiger partial charge in [0.15, 0.2) is 5.96 Å². The molecule has 1 aliphatic carbocycles. The minimum absolute atomic E-state index is 0.211. The summed E-state index contributed by atoms with van der Waals surface area (Å²) in [7, 11) is 3.54. The number of guanidine groups is 1. The molecule has 2 rings (SSSR count). The van der Waals surface area contributed by atoms with Crippen molar-refractivity contribution in [3.8, 4) is 0 Å². The van der Waals surface area contributed by atoms with Gasteiger partial charge in [-0.15, -0.1) is 0 Å². The molecular formula is C18H28FN3O. The molecule has 128 valence electrons. The maximum absolute atomic E-state index is 12.9. The van der Waals surface area contributed by atoms with Crippen LogP contribution in [-0.4, -0.2) is 33.3 Å². The number of aliphatic imine (C=N–C) groups is 1. The van der Waals surface area contributed by atoms with Gasteiger partial charge in [0.25, 0.3) is 0 Å². The molecule has 1 aromatic carbocycles. The lowest BCUT2D eigenvalue weighted by molar-refractivity contribution is 0.138. The second-order valence-corrected chi connectivity index (χ2v) is 6.36. The fourth-order valence-electron chi connectivity index (χ4n) is 3.24. The van der Waals surface area contributed by atoms with Crippen LogP contribution in [0.1, 0.15) is 37.7 Å². The molecule has 0 amide bonds. The minimum atomic E-state index is -0.211. The summed E-state index contributed by atoms with van der Waals surface area (Å²) in [6, 6.07) is 6.52. The quantitative estimate of drug-likeness (QED) is 0.599. The summed E-state index contributed by atoms with van der Waals surface area (Å²) in [4.78, 5) is 4.28. The van der Waals surface area contributed by atoms with E-state index in [0.717, 1.165) is 31.1 Å².